The second-order valence-electron chi connectivity index (χ2n) is 3.82. The van der Waals surface area contributed by atoms with Crippen molar-refractivity contribution in [3.05, 3.63) is 29.0 Å². The quantitative estimate of drug-likeness (QED) is 0.779. The molecule has 0 saturated heterocycles. The van der Waals surface area contributed by atoms with Crippen LogP contribution < -0.4 is 11.1 Å². The van der Waals surface area contributed by atoms with Gasteiger partial charge in [0.15, 0.2) is 0 Å². The van der Waals surface area contributed by atoms with Crippen LogP contribution in [0.2, 0.25) is 5.02 Å². The number of benzene rings is 1. The normalized spacial score (nSPS) is 11.8. The Bertz CT molecular complexity index is 502. The molecule has 20 heavy (non-hydrogen) atoms. The molecule has 1 atom stereocenters. The number of rotatable bonds is 6. The SMILES string of the molecule is COC(=O)C(N)CSCC(=O)Nc1ccc(Cl)cc1F. The second-order valence-corrected chi connectivity index (χ2v) is 5.28. The maximum atomic E-state index is 13.4. The first kappa shape index (κ1) is 16.7. The lowest BCUT2D eigenvalue weighted by molar-refractivity contribution is -0.141. The van der Waals surface area contributed by atoms with Crippen molar-refractivity contribution in [2.24, 2.45) is 5.73 Å². The summed E-state index contributed by atoms with van der Waals surface area (Å²) in [5, 5.41) is 2.65. The zero-order valence-electron chi connectivity index (χ0n) is 10.7. The predicted octanol–water partition coefficient (Wildman–Crippen LogP) is 1.65. The minimum Gasteiger partial charge on any atom is -0.468 e. The van der Waals surface area contributed by atoms with Crippen molar-refractivity contribution in [2.75, 3.05) is 23.9 Å². The number of hydrogen-bond donors (Lipinski definition) is 2. The average molecular weight is 321 g/mol. The molecule has 0 fully saturated rings. The number of anilines is 1. The number of thioether (sulfide) groups is 1. The maximum absolute atomic E-state index is 13.4. The molecule has 0 aliphatic carbocycles. The summed E-state index contributed by atoms with van der Waals surface area (Å²) in [7, 11) is 1.24. The van der Waals surface area contributed by atoms with Crippen molar-refractivity contribution in [3.63, 3.8) is 0 Å². The average Bonchev–Trinajstić information content (AvgIpc) is 2.41. The first-order chi connectivity index (χ1) is 9.43. The molecule has 0 aliphatic rings. The van der Waals surface area contributed by atoms with Crippen LogP contribution in [-0.2, 0) is 14.3 Å². The van der Waals surface area contributed by atoms with E-state index in [2.05, 4.69) is 10.1 Å². The molecule has 110 valence electrons. The van der Waals surface area contributed by atoms with Gasteiger partial charge in [-0.05, 0) is 18.2 Å². The lowest BCUT2D eigenvalue weighted by atomic mass is 10.3. The van der Waals surface area contributed by atoms with E-state index < -0.39 is 23.7 Å². The Morgan fingerprint density at radius 2 is 2.25 bits per heavy atom. The van der Waals surface area contributed by atoms with Crippen LogP contribution in [0, 0.1) is 5.82 Å². The summed E-state index contributed by atoms with van der Waals surface area (Å²) in [6.07, 6.45) is 0. The fraction of sp³-hybridized carbons (Fsp3) is 0.333. The highest BCUT2D eigenvalue weighted by molar-refractivity contribution is 8.00. The minimum absolute atomic E-state index is 0.0484. The Kier molecular flexibility index (Phi) is 6.77. The summed E-state index contributed by atoms with van der Waals surface area (Å²) >= 11 is 6.76. The van der Waals surface area contributed by atoms with E-state index in [0.29, 0.717) is 0 Å². The number of nitrogens with one attached hydrogen (secondary N) is 1. The third kappa shape index (κ3) is 5.36. The zero-order valence-corrected chi connectivity index (χ0v) is 12.3. The molecule has 0 heterocycles. The van der Waals surface area contributed by atoms with Crippen molar-refractivity contribution in [2.45, 2.75) is 6.04 Å². The van der Waals surface area contributed by atoms with Gasteiger partial charge in [-0.15, -0.1) is 11.8 Å². The molecule has 3 N–H and O–H groups in total. The summed E-state index contributed by atoms with van der Waals surface area (Å²) < 4.78 is 17.9. The van der Waals surface area contributed by atoms with E-state index >= 15 is 0 Å². The molecular formula is C12H14ClFN2O3S. The lowest BCUT2D eigenvalue weighted by Crippen LogP contribution is -2.34. The third-order valence-electron chi connectivity index (χ3n) is 2.24. The van der Waals surface area contributed by atoms with Gasteiger partial charge in [0.25, 0.3) is 0 Å². The summed E-state index contributed by atoms with van der Waals surface area (Å²) in [5.74, 6) is -1.26. The molecule has 1 unspecified atom stereocenters. The molecule has 0 aliphatic heterocycles. The topological polar surface area (TPSA) is 81.4 Å². The number of carbonyl (C=O) groups is 2. The Hall–Kier alpha value is -1.31. The van der Waals surface area contributed by atoms with Gasteiger partial charge in [0, 0.05) is 10.8 Å². The molecule has 0 aromatic heterocycles. The van der Waals surface area contributed by atoms with E-state index in [1.54, 1.807) is 0 Å². The highest BCUT2D eigenvalue weighted by atomic mass is 35.5. The molecule has 5 nitrogen and oxygen atoms in total. The molecule has 0 radical (unpaired) electrons. The highest BCUT2D eigenvalue weighted by Crippen LogP contribution is 2.19. The lowest BCUT2D eigenvalue weighted by Gasteiger charge is -2.09. The number of esters is 1. The van der Waals surface area contributed by atoms with Gasteiger partial charge in [-0.3, -0.25) is 9.59 Å². The van der Waals surface area contributed by atoms with Crippen LogP contribution in [-0.4, -0.2) is 36.5 Å². The van der Waals surface area contributed by atoms with E-state index in [0.717, 1.165) is 17.8 Å². The van der Waals surface area contributed by atoms with Crippen molar-refractivity contribution < 1.29 is 18.7 Å². The van der Waals surface area contributed by atoms with Gasteiger partial charge in [0.05, 0.1) is 18.6 Å². The van der Waals surface area contributed by atoms with Gasteiger partial charge in [0.1, 0.15) is 11.9 Å². The predicted molar refractivity (Wildman–Crippen MR) is 77.4 cm³/mol. The van der Waals surface area contributed by atoms with Crippen LogP contribution in [0.4, 0.5) is 10.1 Å². The van der Waals surface area contributed by atoms with E-state index in [-0.39, 0.29) is 22.2 Å². The number of ether oxygens (including phenoxy) is 1. The number of hydrogen-bond acceptors (Lipinski definition) is 5. The standard InChI is InChI=1S/C12H14ClFN2O3S/c1-19-12(18)9(15)5-20-6-11(17)16-10-3-2-7(13)4-8(10)14/h2-4,9H,5-6,15H2,1H3,(H,16,17). The Morgan fingerprint density at radius 1 is 1.55 bits per heavy atom. The zero-order chi connectivity index (χ0) is 15.1. The second kappa shape index (κ2) is 8.08. The van der Waals surface area contributed by atoms with Gasteiger partial charge in [-0.2, -0.15) is 0 Å². The van der Waals surface area contributed by atoms with E-state index in [1.165, 1.54) is 19.2 Å². The summed E-state index contributed by atoms with van der Waals surface area (Å²) in [6.45, 7) is 0. The van der Waals surface area contributed by atoms with Crippen LogP contribution in [0.25, 0.3) is 0 Å². The Balaban J connectivity index is 2.39. The molecule has 0 bridgehead atoms. The largest absolute Gasteiger partial charge is 0.468 e. The molecule has 1 aromatic rings. The van der Waals surface area contributed by atoms with Crippen molar-refractivity contribution in [3.8, 4) is 0 Å². The minimum atomic E-state index is -0.787. The van der Waals surface area contributed by atoms with Crippen LogP contribution in [0.1, 0.15) is 0 Å². The monoisotopic (exact) mass is 320 g/mol. The van der Waals surface area contributed by atoms with Crippen LogP contribution in [0.5, 0.6) is 0 Å². The smallest absolute Gasteiger partial charge is 0.323 e. The molecule has 8 heteroatoms. The molecule has 1 aromatic carbocycles. The third-order valence-corrected chi connectivity index (χ3v) is 3.54. The van der Waals surface area contributed by atoms with E-state index in [9.17, 15) is 14.0 Å². The molecule has 0 spiro atoms. The maximum Gasteiger partial charge on any atom is 0.323 e. The first-order valence-electron chi connectivity index (χ1n) is 5.60. The number of carbonyl (C=O) groups excluding carboxylic acids is 2. The molecular weight excluding hydrogens is 307 g/mol. The van der Waals surface area contributed by atoms with Gasteiger partial charge < -0.3 is 15.8 Å². The summed E-state index contributed by atoms with van der Waals surface area (Å²) in [6, 6.07) is 3.17. The summed E-state index contributed by atoms with van der Waals surface area (Å²) in [4.78, 5) is 22.6. The van der Waals surface area contributed by atoms with Crippen LogP contribution in [0.3, 0.4) is 0 Å². The molecule has 1 rings (SSSR count). The Labute approximate surface area is 125 Å². The van der Waals surface area contributed by atoms with Crippen molar-refractivity contribution >= 4 is 40.9 Å². The fourth-order valence-electron chi connectivity index (χ4n) is 1.28. The van der Waals surface area contributed by atoms with Gasteiger partial charge in [-0.25, -0.2) is 4.39 Å². The van der Waals surface area contributed by atoms with E-state index in [1.807, 2.05) is 0 Å². The van der Waals surface area contributed by atoms with Crippen LogP contribution >= 0.6 is 23.4 Å². The van der Waals surface area contributed by atoms with Crippen LogP contribution in [0.15, 0.2) is 18.2 Å². The molecule has 1 amide bonds. The van der Waals surface area contributed by atoms with Gasteiger partial charge in [-0.1, -0.05) is 11.6 Å². The van der Waals surface area contributed by atoms with Gasteiger partial charge in [0.2, 0.25) is 5.91 Å². The number of methoxy groups -OCH3 is 1. The summed E-state index contributed by atoms with van der Waals surface area (Å²) in [5.41, 5.74) is 5.56. The number of amides is 1. The van der Waals surface area contributed by atoms with Gasteiger partial charge >= 0.3 is 5.97 Å². The van der Waals surface area contributed by atoms with Crippen molar-refractivity contribution in [1.29, 1.82) is 0 Å². The molecule has 0 saturated carbocycles. The number of nitrogens with two attached hydrogens (primary N) is 1. The van der Waals surface area contributed by atoms with E-state index in [4.69, 9.17) is 17.3 Å². The fourth-order valence-corrected chi connectivity index (χ4v) is 2.20. The number of halogens is 2. The highest BCUT2D eigenvalue weighted by Gasteiger charge is 2.14. The Morgan fingerprint density at radius 3 is 2.85 bits per heavy atom. The van der Waals surface area contributed by atoms with Crippen molar-refractivity contribution in [1.82, 2.24) is 0 Å². The first-order valence-corrected chi connectivity index (χ1v) is 7.13.